The fourth-order valence-corrected chi connectivity index (χ4v) is 7.68. The van der Waals surface area contributed by atoms with Gasteiger partial charge in [0.15, 0.2) is 11.6 Å². The number of Topliss-reactive ketones (excluding diaryl/α,β-unsaturated/α-hetero) is 2. The highest BCUT2D eigenvalue weighted by atomic mass is 19.1. The Hall–Kier alpha value is -4.02. The van der Waals surface area contributed by atoms with Gasteiger partial charge in [-0.15, -0.1) is 0 Å². The number of likely N-dealkylation sites (N-methyl/N-ethyl adjacent to an activating group) is 1. The number of nitrogens with zero attached hydrogens (tertiary/aromatic N) is 2. The molecule has 1 aliphatic heterocycles. The number of carbonyl (C=O) groups is 3. The molecule has 1 saturated heterocycles. The molecule has 43 heavy (non-hydrogen) atoms. The number of carbonyl (C=O) groups excluding carboxylic acids is 3. The van der Waals surface area contributed by atoms with E-state index in [1.807, 2.05) is 0 Å². The highest BCUT2D eigenvalue weighted by Gasteiger charge is 2.61. The van der Waals surface area contributed by atoms with Crippen LogP contribution in [0.1, 0.15) is 47.7 Å². The number of hydrogen-bond acceptors (Lipinski definition) is 8. The fraction of sp³-hybridized carbons (Fsp3) is 0.424. The lowest BCUT2D eigenvalue weighted by molar-refractivity contribution is -0.129. The minimum Gasteiger partial charge on any atom is -0.510 e. The number of aliphatic hydroxyl groups excluding tert-OH is 1. The van der Waals surface area contributed by atoms with Crippen molar-refractivity contribution in [2.45, 2.75) is 45.2 Å². The second kappa shape index (κ2) is 10.6. The number of likely N-dealkylation sites (tertiary alicyclic amines) is 1. The number of amides is 1. The fourth-order valence-electron chi connectivity index (χ4n) is 7.68. The molecule has 1 heterocycles. The third-order valence-electron chi connectivity index (χ3n) is 9.73. The number of allylic oxidation sites excluding steroid dienone is 1. The minimum atomic E-state index is -1.51. The van der Waals surface area contributed by atoms with Gasteiger partial charge in [-0.05, 0) is 83.9 Å². The molecule has 0 saturated carbocycles. The number of ketones is 2. The molecule has 0 radical (unpaired) electrons. The van der Waals surface area contributed by atoms with Crippen LogP contribution in [0.25, 0.3) is 0 Å². The Morgan fingerprint density at radius 1 is 1.16 bits per heavy atom. The predicted molar refractivity (Wildman–Crippen MR) is 156 cm³/mol. The zero-order valence-electron chi connectivity index (χ0n) is 24.5. The number of halogens is 1. The van der Waals surface area contributed by atoms with Crippen molar-refractivity contribution >= 4 is 17.5 Å². The molecule has 0 aromatic heterocycles. The first-order chi connectivity index (χ1) is 20.4. The van der Waals surface area contributed by atoms with Crippen molar-refractivity contribution in [3.05, 3.63) is 81.6 Å². The largest absolute Gasteiger partial charge is 0.510 e. The van der Waals surface area contributed by atoms with Crippen molar-refractivity contribution < 1.29 is 33.7 Å². The number of benzene rings is 2. The Labute approximate surface area is 249 Å². The lowest BCUT2D eigenvalue weighted by Crippen LogP contribution is -2.59. The van der Waals surface area contributed by atoms with Crippen LogP contribution in [0.2, 0.25) is 0 Å². The third kappa shape index (κ3) is 4.46. The molecule has 1 amide bonds. The van der Waals surface area contributed by atoms with Gasteiger partial charge in [0.25, 0.3) is 5.91 Å². The van der Waals surface area contributed by atoms with Crippen LogP contribution in [-0.4, -0.2) is 70.7 Å². The predicted octanol–water partition coefficient (Wildman–Crippen LogP) is 3.65. The second-order valence-corrected chi connectivity index (χ2v) is 12.5. The van der Waals surface area contributed by atoms with E-state index in [0.717, 1.165) is 25.9 Å². The zero-order chi connectivity index (χ0) is 30.8. The van der Waals surface area contributed by atoms with Gasteiger partial charge in [0.2, 0.25) is 0 Å². The Morgan fingerprint density at radius 3 is 2.47 bits per heavy atom. The number of para-hydroxylation sites is 1. The summed E-state index contributed by atoms with van der Waals surface area (Å²) in [7, 11) is 3.40. The number of fused-ring (bicyclic) bond motifs is 3. The Kier molecular flexibility index (Phi) is 7.17. The molecule has 3 aliphatic carbocycles. The summed E-state index contributed by atoms with van der Waals surface area (Å²) in [5, 5.41) is 22.8. The summed E-state index contributed by atoms with van der Waals surface area (Å²) < 4.78 is 22.6. The Balaban J connectivity index is 1.58. The SMILES string of the molecule is CN(C)[C@@H]1C(=O)C(C(N)=O)=C(O)[C@@]2(C)C(Oc3ccccc3)=C3C(=O)c4c(O)cc(CN5CCCC5)c(F)c4C[C@H]3C[C@@H]12. The summed E-state index contributed by atoms with van der Waals surface area (Å²) in [5.41, 5.74) is 4.12. The summed E-state index contributed by atoms with van der Waals surface area (Å²) in [4.78, 5) is 44.3. The molecule has 0 bridgehead atoms. The summed E-state index contributed by atoms with van der Waals surface area (Å²) in [5.74, 6) is -4.46. The average Bonchev–Trinajstić information content (AvgIpc) is 3.46. The van der Waals surface area contributed by atoms with E-state index in [0.29, 0.717) is 17.9 Å². The highest BCUT2D eigenvalue weighted by Crippen LogP contribution is 2.58. The topological polar surface area (TPSA) is 133 Å². The van der Waals surface area contributed by atoms with E-state index in [1.165, 1.54) is 6.07 Å². The lowest BCUT2D eigenvalue weighted by Gasteiger charge is -2.52. The number of aromatic hydroxyl groups is 1. The second-order valence-electron chi connectivity index (χ2n) is 12.5. The molecule has 226 valence electrons. The molecular formula is C33H36FN3O6. The number of nitrogens with two attached hydrogens (primary N) is 1. The maximum atomic E-state index is 16.1. The van der Waals surface area contributed by atoms with Gasteiger partial charge in [0.1, 0.15) is 34.4 Å². The van der Waals surface area contributed by atoms with Crippen LogP contribution in [0.5, 0.6) is 11.5 Å². The van der Waals surface area contributed by atoms with Crippen LogP contribution < -0.4 is 10.5 Å². The van der Waals surface area contributed by atoms with E-state index in [1.54, 1.807) is 56.3 Å². The summed E-state index contributed by atoms with van der Waals surface area (Å²) in [6, 6.07) is 9.12. The van der Waals surface area contributed by atoms with Crippen LogP contribution in [0.4, 0.5) is 4.39 Å². The van der Waals surface area contributed by atoms with Gasteiger partial charge in [-0.1, -0.05) is 18.2 Å². The summed E-state index contributed by atoms with van der Waals surface area (Å²) >= 11 is 0. The van der Waals surface area contributed by atoms with Crippen molar-refractivity contribution in [1.82, 2.24) is 9.80 Å². The Morgan fingerprint density at radius 2 is 1.84 bits per heavy atom. The van der Waals surface area contributed by atoms with Crippen LogP contribution in [0, 0.1) is 23.1 Å². The number of rotatable bonds is 6. The highest BCUT2D eigenvalue weighted by molar-refractivity contribution is 6.22. The molecule has 10 heteroatoms. The van der Waals surface area contributed by atoms with E-state index in [-0.39, 0.29) is 41.1 Å². The van der Waals surface area contributed by atoms with Crippen molar-refractivity contribution in [2.24, 2.45) is 23.0 Å². The maximum absolute atomic E-state index is 16.1. The smallest absolute Gasteiger partial charge is 0.255 e. The first-order valence-electron chi connectivity index (χ1n) is 14.7. The zero-order valence-corrected chi connectivity index (χ0v) is 24.5. The van der Waals surface area contributed by atoms with Gasteiger partial charge in [-0.3, -0.25) is 24.2 Å². The van der Waals surface area contributed by atoms with Gasteiger partial charge >= 0.3 is 0 Å². The molecule has 0 spiro atoms. The molecular weight excluding hydrogens is 553 g/mol. The first kappa shape index (κ1) is 29.1. The summed E-state index contributed by atoms with van der Waals surface area (Å²) in [6.07, 6.45) is 2.38. The Bertz CT molecular complexity index is 1590. The van der Waals surface area contributed by atoms with Gasteiger partial charge in [0, 0.05) is 29.2 Å². The van der Waals surface area contributed by atoms with E-state index < -0.39 is 57.9 Å². The van der Waals surface area contributed by atoms with Crippen molar-refractivity contribution in [3.8, 4) is 11.5 Å². The molecule has 1 fully saturated rings. The third-order valence-corrected chi connectivity index (χ3v) is 9.73. The molecule has 4 atom stereocenters. The monoisotopic (exact) mass is 589 g/mol. The van der Waals surface area contributed by atoms with Crippen LogP contribution >= 0.6 is 0 Å². The molecule has 0 unspecified atom stereocenters. The number of primary amides is 1. The van der Waals surface area contributed by atoms with Gasteiger partial charge in [0.05, 0.1) is 17.0 Å². The van der Waals surface area contributed by atoms with Crippen LogP contribution in [-0.2, 0) is 22.6 Å². The maximum Gasteiger partial charge on any atom is 0.255 e. The van der Waals surface area contributed by atoms with Gasteiger partial charge in [-0.2, -0.15) is 0 Å². The number of ether oxygens (including phenoxy) is 1. The van der Waals surface area contributed by atoms with Crippen molar-refractivity contribution in [2.75, 3.05) is 27.2 Å². The first-order valence-corrected chi connectivity index (χ1v) is 14.7. The lowest BCUT2D eigenvalue weighted by atomic mass is 9.54. The summed E-state index contributed by atoms with van der Waals surface area (Å²) in [6.45, 7) is 3.67. The quantitative estimate of drug-likeness (QED) is 0.435. The standard InChI is InChI=1S/C33H36FN3O6/c1-33-21(27(36(2)3)29(40)25(30(33)41)32(35)42)14-17-13-20-24(22(38)15-18(26(20)34)16-37-11-7-8-12-37)28(39)23(17)31(33)43-19-9-5-4-6-10-19/h4-6,9-10,15,17,21,27,38,41H,7-8,11-14,16H2,1-3H3,(H2,35,42)/t17-,21-,27-,33-/m0/s1. The van der Waals surface area contributed by atoms with Gasteiger partial charge < -0.3 is 20.7 Å². The van der Waals surface area contributed by atoms with Crippen LogP contribution in [0.15, 0.2) is 59.1 Å². The van der Waals surface area contributed by atoms with E-state index in [4.69, 9.17) is 10.5 Å². The van der Waals surface area contributed by atoms with Gasteiger partial charge in [-0.25, -0.2) is 4.39 Å². The number of phenolic OH excluding ortho intramolecular Hbond substituents is 1. The normalized spacial score (nSPS) is 27.3. The molecule has 4 N–H and O–H groups in total. The molecule has 2 aromatic carbocycles. The molecule has 6 rings (SSSR count). The molecule has 2 aromatic rings. The van der Waals surface area contributed by atoms with Crippen molar-refractivity contribution in [3.63, 3.8) is 0 Å². The van der Waals surface area contributed by atoms with E-state index in [9.17, 15) is 24.6 Å². The number of phenols is 1. The molecule has 9 nitrogen and oxygen atoms in total. The van der Waals surface area contributed by atoms with E-state index in [2.05, 4.69) is 4.90 Å². The average molecular weight is 590 g/mol. The number of aliphatic hydroxyl groups is 1. The minimum absolute atomic E-state index is 0.0622. The molecule has 4 aliphatic rings. The number of hydrogen-bond donors (Lipinski definition) is 3. The van der Waals surface area contributed by atoms with Crippen molar-refractivity contribution in [1.29, 1.82) is 0 Å². The van der Waals surface area contributed by atoms with E-state index >= 15 is 4.39 Å². The van der Waals surface area contributed by atoms with Crippen LogP contribution in [0.3, 0.4) is 0 Å².